The van der Waals surface area contributed by atoms with Gasteiger partial charge in [-0.15, -0.1) is 0 Å². The molecule has 0 N–H and O–H groups in total. The third-order valence-electron chi connectivity index (χ3n) is 3.46. The van der Waals surface area contributed by atoms with Crippen LogP contribution in [-0.2, 0) is 11.0 Å². The lowest BCUT2D eigenvalue weighted by molar-refractivity contribution is 0.360. The van der Waals surface area contributed by atoms with Crippen molar-refractivity contribution in [1.82, 2.24) is 14.5 Å². The van der Waals surface area contributed by atoms with Gasteiger partial charge < -0.3 is 4.57 Å². The summed E-state index contributed by atoms with van der Waals surface area (Å²) in [5.41, 5.74) is 4.52. The first kappa shape index (κ1) is 14.8. The molecule has 0 atom stereocenters. The van der Waals surface area contributed by atoms with Gasteiger partial charge in [-0.2, -0.15) is 0 Å². The van der Waals surface area contributed by atoms with Crippen molar-refractivity contribution in [3.05, 3.63) is 36.0 Å². The van der Waals surface area contributed by atoms with E-state index in [9.17, 15) is 0 Å². The molecule has 3 nitrogen and oxygen atoms in total. The van der Waals surface area contributed by atoms with Gasteiger partial charge in [-0.25, -0.2) is 4.98 Å². The SMILES string of the molecule is Cc1ncccc1-c1ncn(C(C)(C)C)c1C(C)(C)C. The number of rotatable bonds is 1. The maximum absolute atomic E-state index is 4.70. The van der Waals surface area contributed by atoms with Crippen molar-refractivity contribution in [3.8, 4) is 11.3 Å². The Balaban J connectivity index is 2.74. The van der Waals surface area contributed by atoms with E-state index in [1.165, 1.54) is 5.69 Å². The van der Waals surface area contributed by atoms with Gasteiger partial charge in [0.05, 0.1) is 17.7 Å². The average Bonchev–Trinajstić information content (AvgIpc) is 2.73. The Morgan fingerprint density at radius 2 is 1.65 bits per heavy atom. The van der Waals surface area contributed by atoms with Crippen LogP contribution < -0.4 is 0 Å². The molecule has 2 aromatic rings. The quantitative estimate of drug-likeness (QED) is 0.774. The maximum atomic E-state index is 4.70. The fourth-order valence-electron chi connectivity index (χ4n) is 2.51. The molecule has 0 aliphatic rings. The van der Waals surface area contributed by atoms with Crippen LogP contribution in [0.15, 0.2) is 24.7 Å². The minimum absolute atomic E-state index is 0.0178. The summed E-state index contributed by atoms with van der Waals surface area (Å²) < 4.78 is 2.29. The number of aryl methyl sites for hydroxylation is 1. The number of imidazole rings is 1. The van der Waals surface area contributed by atoms with Gasteiger partial charge in [0.15, 0.2) is 0 Å². The Morgan fingerprint density at radius 3 is 2.15 bits per heavy atom. The van der Waals surface area contributed by atoms with E-state index in [-0.39, 0.29) is 11.0 Å². The Morgan fingerprint density at radius 1 is 1.00 bits per heavy atom. The maximum Gasteiger partial charge on any atom is 0.0961 e. The molecule has 0 fully saturated rings. The van der Waals surface area contributed by atoms with Crippen molar-refractivity contribution in [3.63, 3.8) is 0 Å². The van der Waals surface area contributed by atoms with Gasteiger partial charge in [-0.05, 0) is 39.8 Å². The second kappa shape index (κ2) is 4.72. The van der Waals surface area contributed by atoms with Crippen molar-refractivity contribution in [2.45, 2.75) is 59.4 Å². The Kier molecular flexibility index (Phi) is 3.49. The second-order valence-corrected chi connectivity index (χ2v) is 7.37. The molecule has 0 aliphatic heterocycles. The first-order valence-corrected chi connectivity index (χ1v) is 7.12. The third kappa shape index (κ3) is 2.62. The fourth-order valence-corrected chi connectivity index (χ4v) is 2.51. The highest BCUT2D eigenvalue weighted by molar-refractivity contribution is 5.65. The fraction of sp³-hybridized carbons (Fsp3) is 0.529. The van der Waals surface area contributed by atoms with Crippen molar-refractivity contribution < 1.29 is 0 Å². The van der Waals surface area contributed by atoms with Crippen molar-refractivity contribution in [2.24, 2.45) is 0 Å². The highest BCUT2D eigenvalue weighted by atomic mass is 15.1. The van der Waals surface area contributed by atoms with Crippen LogP contribution in [0, 0.1) is 6.92 Å². The second-order valence-electron chi connectivity index (χ2n) is 7.37. The molecule has 108 valence electrons. The van der Waals surface area contributed by atoms with Crippen LogP contribution >= 0.6 is 0 Å². The summed E-state index contributed by atoms with van der Waals surface area (Å²) in [7, 11) is 0. The van der Waals surface area contributed by atoms with E-state index < -0.39 is 0 Å². The molecule has 0 unspecified atom stereocenters. The van der Waals surface area contributed by atoms with Crippen LogP contribution in [0.5, 0.6) is 0 Å². The molecule has 0 saturated carbocycles. The standard InChI is InChI=1S/C17H25N3/c1-12-13(9-8-10-18-12)14-15(16(2,3)4)20(11-19-14)17(5,6)7/h8-11H,1-7H3. The van der Waals surface area contributed by atoms with Crippen LogP contribution in [-0.4, -0.2) is 14.5 Å². The van der Waals surface area contributed by atoms with Crippen LogP contribution in [0.1, 0.15) is 52.9 Å². The summed E-state index contributed by atoms with van der Waals surface area (Å²) in [6.07, 6.45) is 3.79. The van der Waals surface area contributed by atoms with Gasteiger partial charge in [0.25, 0.3) is 0 Å². The highest BCUT2D eigenvalue weighted by Gasteiger charge is 2.29. The number of aromatic nitrogens is 3. The van der Waals surface area contributed by atoms with Gasteiger partial charge in [-0.3, -0.25) is 4.98 Å². The normalized spacial score (nSPS) is 12.8. The van der Waals surface area contributed by atoms with Crippen molar-refractivity contribution in [2.75, 3.05) is 0 Å². The molecule has 0 radical (unpaired) electrons. The lowest BCUT2D eigenvalue weighted by Gasteiger charge is -2.30. The van der Waals surface area contributed by atoms with E-state index in [1.807, 2.05) is 25.5 Å². The van der Waals surface area contributed by atoms with E-state index >= 15 is 0 Å². The van der Waals surface area contributed by atoms with Gasteiger partial charge in [0.2, 0.25) is 0 Å². The predicted molar refractivity (Wildman–Crippen MR) is 83.9 cm³/mol. The van der Waals surface area contributed by atoms with Crippen LogP contribution in [0.2, 0.25) is 0 Å². The molecule has 2 rings (SSSR count). The van der Waals surface area contributed by atoms with E-state index in [4.69, 9.17) is 4.98 Å². The summed E-state index contributed by atoms with van der Waals surface area (Å²) in [6, 6.07) is 4.08. The topological polar surface area (TPSA) is 30.7 Å². The summed E-state index contributed by atoms with van der Waals surface area (Å²) in [5, 5.41) is 0. The van der Waals surface area contributed by atoms with Crippen LogP contribution in [0.25, 0.3) is 11.3 Å². The van der Waals surface area contributed by atoms with E-state index in [1.54, 1.807) is 0 Å². The Labute approximate surface area is 122 Å². The lowest BCUT2D eigenvalue weighted by Crippen LogP contribution is -2.28. The van der Waals surface area contributed by atoms with Crippen molar-refractivity contribution >= 4 is 0 Å². The van der Waals surface area contributed by atoms with Crippen molar-refractivity contribution in [1.29, 1.82) is 0 Å². The summed E-state index contributed by atoms with van der Waals surface area (Å²) in [4.78, 5) is 9.10. The van der Waals surface area contributed by atoms with Crippen LogP contribution in [0.4, 0.5) is 0 Å². The zero-order valence-electron chi connectivity index (χ0n) is 13.7. The molecule has 0 spiro atoms. The number of pyridine rings is 1. The van der Waals surface area contributed by atoms with E-state index in [2.05, 4.69) is 57.2 Å². The number of nitrogens with zero attached hydrogens (tertiary/aromatic N) is 3. The van der Waals surface area contributed by atoms with E-state index in [0.29, 0.717) is 0 Å². The largest absolute Gasteiger partial charge is 0.328 e. The highest BCUT2D eigenvalue weighted by Crippen LogP contribution is 2.35. The minimum Gasteiger partial charge on any atom is -0.328 e. The Hall–Kier alpha value is -1.64. The summed E-state index contributed by atoms with van der Waals surface area (Å²) >= 11 is 0. The molecule has 3 heteroatoms. The van der Waals surface area contributed by atoms with E-state index in [0.717, 1.165) is 17.0 Å². The minimum atomic E-state index is 0.0178. The molecule has 2 aromatic heterocycles. The van der Waals surface area contributed by atoms with Gasteiger partial charge in [0.1, 0.15) is 0 Å². The van der Waals surface area contributed by atoms with Gasteiger partial charge >= 0.3 is 0 Å². The molecular weight excluding hydrogens is 246 g/mol. The molecule has 20 heavy (non-hydrogen) atoms. The smallest absolute Gasteiger partial charge is 0.0961 e. The number of hydrogen-bond acceptors (Lipinski definition) is 2. The molecule has 0 saturated heterocycles. The first-order valence-electron chi connectivity index (χ1n) is 7.12. The zero-order chi connectivity index (χ0) is 15.1. The van der Waals surface area contributed by atoms with Gasteiger partial charge in [-0.1, -0.05) is 20.8 Å². The molecule has 0 aliphatic carbocycles. The zero-order valence-corrected chi connectivity index (χ0v) is 13.7. The summed E-state index contributed by atoms with van der Waals surface area (Å²) in [5.74, 6) is 0. The monoisotopic (exact) mass is 271 g/mol. The van der Waals surface area contributed by atoms with Gasteiger partial charge in [0, 0.05) is 28.4 Å². The lowest BCUT2D eigenvalue weighted by atomic mass is 9.87. The van der Waals surface area contributed by atoms with Crippen LogP contribution in [0.3, 0.4) is 0 Å². The predicted octanol–water partition coefficient (Wildman–Crippen LogP) is 4.31. The molecular formula is C17H25N3. The molecule has 0 bridgehead atoms. The average molecular weight is 271 g/mol. The summed E-state index contributed by atoms with van der Waals surface area (Å²) in [6.45, 7) is 15.4. The molecule has 0 aromatic carbocycles. The Bertz CT molecular complexity index is 610. The number of hydrogen-bond donors (Lipinski definition) is 0. The molecule has 2 heterocycles. The first-order chi connectivity index (χ1) is 9.12. The molecule has 0 amide bonds. The third-order valence-corrected chi connectivity index (χ3v) is 3.46.